The van der Waals surface area contributed by atoms with Crippen LogP contribution in [0.3, 0.4) is 0 Å². The van der Waals surface area contributed by atoms with E-state index in [-0.39, 0.29) is 5.70 Å². The van der Waals surface area contributed by atoms with Gasteiger partial charge in [-0.25, -0.2) is 9.79 Å². The molecule has 0 radical (unpaired) electrons. The number of carbonyl (C=O) groups excluding carboxylic acids is 2. The molecule has 0 saturated heterocycles. The molecule has 0 unspecified atom stereocenters. The lowest BCUT2D eigenvalue weighted by atomic mass is 10.2. The van der Waals surface area contributed by atoms with Crippen LogP contribution in [0.5, 0.6) is 5.75 Å². The Labute approximate surface area is 116 Å². The number of carbonyl (C=O) groups is 2. The van der Waals surface area contributed by atoms with Crippen LogP contribution in [-0.2, 0) is 9.53 Å². The molecule has 0 aliphatic carbocycles. The SMILES string of the molecule is COc1ccc2c(c1)=C(NC(=O)OC(C)(C)C)C(=O)N=2. The van der Waals surface area contributed by atoms with E-state index in [0.717, 1.165) is 0 Å². The number of hydrogen-bond donors (Lipinski definition) is 1. The second-order valence-electron chi connectivity index (χ2n) is 5.30. The molecule has 2 rings (SSSR count). The molecule has 0 fully saturated rings. The molecule has 106 valence electrons. The minimum absolute atomic E-state index is 0.105. The topological polar surface area (TPSA) is 77.0 Å². The summed E-state index contributed by atoms with van der Waals surface area (Å²) >= 11 is 0. The molecule has 0 atom stereocenters. The van der Waals surface area contributed by atoms with Crippen molar-refractivity contribution in [2.45, 2.75) is 26.4 Å². The van der Waals surface area contributed by atoms with Gasteiger partial charge in [-0.15, -0.1) is 0 Å². The monoisotopic (exact) mass is 276 g/mol. The third kappa shape index (κ3) is 2.96. The first kappa shape index (κ1) is 14.0. The van der Waals surface area contributed by atoms with Crippen molar-refractivity contribution in [3.05, 3.63) is 28.8 Å². The van der Waals surface area contributed by atoms with E-state index < -0.39 is 17.6 Å². The molecule has 1 heterocycles. The van der Waals surface area contributed by atoms with Crippen molar-refractivity contribution in [3.63, 3.8) is 0 Å². The first-order valence-corrected chi connectivity index (χ1v) is 6.11. The number of nitrogens with one attached hydrogen (secondary N) is 1. The zero-order valence-corrected chi connectivity index (χ0v) is 11.8. The lowest BCUT2D eigenvalue weighted by molar-refractivity contribution is -0.113. The van der Waals surface area contributed by atoms with Crippen LogP contribution >= 0.6 is 0 Å². The molecule has 1 aliphatic heterocycles. The second-order valence-corrected chi connectivity index (χ2v) is 5.30. The summed E-state index contributed by atoms with van der Waals surface area (Å²) in [7, 11) is 1.52. The van der Waals surface area contributed by atoms with E-state index in [2.05, 4.69) is 10.3 Å². The number of benzene rings is 1. The maximum Gasteiger partial charge on any atom is 0.412 e. The molecular formula is C14H16N2O4. The van der Waals surface area contributed by atoms with Gasteiger partial charge in [-0.2, -0.15) is 0 Å². The summed E-state index contributed by atoms with van der Waals surface area (Å²) in [6, 6.07) is 5.01. The number of hydrogen-bond acceptors (Lipinski definition) is 4. The lowest BCUT2D eigenvalue weighted by Gasteiger charge is -2.19. The van der Waals surface area contributed by atoms with Crippen molar-refractivity contribution < 1.29 is 19.1 Å². The summed E-state index contributed by atoms with van der Waals surface area (Å²) in [6.07, 6.45) is -0.688. The fourth-order valence-corrected chi connectivity index (χ4v) is 1.75. The van der Waals surface area contributed by atoms with E-state index in [1.807, 2.05) is 0 Å². The smallest absolute Gasteiger partial charge is 0.412 e. The molecule has 1 aromatic carbocycles. The zero-order chi connectivity index (χ0) is 14.9. The Balaban J connectivity index is 2.36. The quantitative estimate of drug-likeness (QED) is 0.852. The van der Waals surface area contributed by atoms with Gasteiger partial charge >= 0.3 is 6.09 Å². The van der Waals surface area contributed by atoms with E-state index in [9.17, 15) is 9.59 Å². The van der Waals surface area contributed by atoms with Gasteiger partial charge in [0.2, 0.25) is 0 Å². The van der Waals surface area contributed by atoms with Gasteiger partial charge in [0, 0.05) is 5.22 Å². The Morgan fingerprint density at radius 3 is 2.60 bits per heavy atom. The number of fused-ring (bicyclic) bond motifs is 1. The van der Waals surface area contributed by atoms with Gasteiger partial charge < -0.3 is 9.47 Å². The van der Waals surface area contributed by atoms with Gasteiger partial charge in [0.25, 0.3) is 5.91 Å². The van der Waals surface area contributed by atoms with Crippen LogP contribution in [0.2, 0.25) is 0 Å². The largest absolute Gasteiger partial charge is 0.497 e. The highest BCUT2D eigenvalue weighted by atomic mass is 16.6. The van der Waals surface area contributed by atoms with Crippen LogP contribution in [0, 0.1) is 0 Å². The van der Waals surface area contributed by atoms with Gasteiger partial charge in [-0.05, 0) is 39.0 Å². The third-order valence-corrected chi connectivity index (χ3v) is 2.53. The number of nitrogens with zero attached hydrogens (tertiary/aromatic N) is 1. The minimum Gasteiger partial charge on any atom is -0.497 e. The van der Waals surface area contributed by atoms with Crippen LogP contribution in [0.1, 0.15) is 20.8 Å². The highest BCUT2D eigenvalue weighted by Gasteiger charge is 2.22. The molecule has 1 N–H and O–H groups in total. The normalized spacial score (nSPS) is 13.6. The molecule has 6 nitrogen and oxygen atoms in total. The molecule has 20 heavy (non-hydrogen) atoms. The van der Waals surface area contributed by atoms with Crippen LogP contribution in [0.15, 0.2) is 23.2 Å². The maximum absolute atomic E-state index is 11.8. The molecule has 0 spiro atoms. The molecule has 1 aliphatic rings. The first-order chi connectivity index (χ1) is 9.30. The van der Waals surface area contributed by atoms with Gasteiger partial charge in [-0.1, -0.05) is 0 Å². The van der Waals surface area contributed by atoms with Crippen molar-refractivity contribution in [2.24, 2.45) is 4.99 Å². The summed E-state index contributed by atoms with van der Waals surface area (Å²) in [5.74, 6) is 0.0799. The molecule has 0 aromatic heterocycles. The van der Waals surface area contributed by atoms with E-state index in [1.165, 1.54) is 7.11 Å². The Kier molecular flexibility index (Phi) is 3.48. The molecule has 6 heteroatoms. The standard InChI is InChI=1S/C14H16N2O4/c1-14(2,3)20-13(18)16-11-9-7-8(19-4)5-6-10(9)15-12(11)17/h5-7H,1-4H3,(H,15,16,17,18). The van der Waals surface area contributed by atoms with Crippen LogP contribution in [-0.4, -0.2) is 24.7 Å². The summed E-state index contributed by atoms with van der Waals surface area (Å²) in [6.45, 7) is 5.24. The summed E-state index contributed by atoms with van der Waals surface area (Å²) in [5.41, 5.74) is -0.533. The Hall–Kier alpha value is -2.37. The highest BCUT2D eigenvalue weighted by Crippen LogP contribution is 2.09. The highest BCUT2D eigenvalue weighted by molar-refractivity contribution is 6.17. The second kappa shape index (κ2) is 4.96. The predicted molar refractivity (Wildman–Crippen MR) is 71.6 cm³/mol. The lowest BCUT2D eigenvalue weighted by Crippen LogP contribution is -2.36. The van der Waals surface area contributed by atoms with Gasteiger partial charge in [0.15, 0.2) is 0 Å². The predicted octanol–water partition coefficient (Wildman–Crippen LogP) is 0.488. The zero-order valence-electron chi connectivity index (χ0n) is 11.8. The van der Waals surface area contributed by atoms with Crippen molar-refractivity contribution in [2.75, 3.05) is 7.11 Å². The van der Waals surface area contributed by atoms with E-state index in [0.29, 0.717) is 16.3 Å². The van der Waals surface area contributed by atoms with Gasteiger partial charge in [0.1, 0.15) is 17.0 Å². The summed E-state index contributed by atoms with van der Waals surface area (Å²) < 4.78 is 10.2. The first-order valence-electron chi connectivity index (χ1n) is 6.11. The van der Waals surface area contributed by atoms with Gasteiger partial charge in [-0.3, -0.25) is 10.1 Å². The Morgan fingerprint density at radius 2 is 2.00 bits per heavy atom. The summed E-state index contributed by atoms with van der Waals surface area (Å²) in [4.78, 5) is 27.4. The third-order valence-electron chi connectivity index (χ3n) is 2.53. The minimum atomic E-state index is -0.688. The van der Waals surface area contributed by atoms with E-state index >= 15 is 0 Å². The Morgan fingerprint density at radius 1 is 1.30 bits per heavy atom. The molecule has 0 saturated carbocycles. The number of alkyl carbamates (subject to hydrolysis) is 1. The van der Waals surface area contributed by atoms with Crippen LogP contribution < -0.4 is 20.6 Å². The number of amides is 2. The fraction of sp³-hybridized carbons (Fsp3) is 0.357. The van der Waals surface area contributed by atoms with Crippen molar-refractivity contribution in [1.29, 1.82) is 0 Å². The number of rotatable bonds is 2. The van der Waals surface area contributed by atoms with Crippen LogP contribution in [0.25, 0.3) is 5.70 Å². The van der Waals surface area contributed by atoms with Crippen molar-refractivity contribution in [1.82, 2.24) is 5.32 Å². The van der Waals surface area contributed by atoms with E-state index in [1.54, 1.807) is 39.0 Å². The molecule has 1 aromatic rings. The summed E-state index contributed by atoms with van der Waals surface area (Å²) in [5, 5.41) is 3.48. The average Bonchev–Trinajstić information content (AvgIpc) is 2.63. The average molecular weight is 276 g/mol. The number of ether oxygens (including phenoxy) is 2. The van der Waals surface area contributed by atoms with Crippen LogP contribution in [0.4, 0.5) is 4.79 Å². The van der Waals surface area contributed by atoms with Crippen molar-refractivity contribution >= 4 is 17.7 Å². The molecular weight excluding hydrogens is 260 g/mol. The number of methoxy groups -OCH3 is 1. The van der Waals surface area contributed by atoms with Gasteiger partial charge in [0.05, 0.1) is 12.5 Å². The van der Waals surface area contributed by atoms with Crippen molar-refractivity contribution in [3.8, 4) is 5.75 Å². The maximum atomic E-state index is 11.8. The Bertz CT molecular complexity index is 686. The van der Waals surface area contributed by atoms with E-state index in [4.69, 9.17) is 9.47 Å². The molecule has 2 amide bonds. The molecule has 0 bridgehead atoms. The fourth-order valence-electron chi connectivity index (χ4n) is 1.75.